The third-order valence-corrected chi connectivity index (χ3v) is 4.91. The van der Waals surface area contributed by atoms with Crippen molar-refractivity contribution < 1.29 is 9.53 Å². The molecule has 4 nitrogen and oxygen atoms in total. The summed E-state index contributed by atoms with van der Waals surface area (Å²) in [5, 5.41) is 4.48. The molecule has 0 saturated heterocycles. The average Bonchev–Trinajstić information content (AvgIpc) is 3.07. The molecule has 2 aromatic carbocycles. The molecular weight excluding hydrogens is 312 g/mol. The Kier molecular flexibility index (Phi) is 3.88. The number of fused-ring (bicyclic) bond motifs is 1. The second-order valence-corrected chi connectivity index (χ2v) is 6.55. The molecule has 0 radical (unpaired) electrons. The van der Waals surface area contributed by atoms with Crippen LogP contribution in [0, 0.1) is 6.92 Å². The zero-order valence-electron chi connectivity index (χ0n) is 14.4. The molecule has 0 spiro atoms. The Balaban J connectivity index is 1.70. The number of benzene rings is 2. The molecule has 1 heterocycles. The number of ether oxygens (including phenoxy) is 1. The van der Waals surface area contributed by atoms with Gasteiger partial charge in [-0.2, -0.15) is 5.10 Å². The van der Waals surface area contributed by atoms with Gasteiger partial charge < -0.3 is 4.74 Å². The fourth-order valence-corrected chi connectivity index (χ4v) is 3.46. The van der Waals surface area contributed by atoms with Gasteiger partial charge in [0.2, 0.25) is 0 Å². The van der Waals surface area contributed by atoms with E-state index in [9.17, 15) is 4.79 Å². The van der Waals surface area contributed by atoms with Crippen molar-refractivity contribution in [3.8, 4) is 11.4 Å². The number of rotatable bonds is 3. The van der Waals surface area contributed by atoms with E-state index in [1.54, 1.807) is 13.3 Å². The minimum atomic E-state index is 0.167. The van der Waals surface area contributed by atoms with Gasteiger partial charge in [-0.25, -0.2) is 4.68 Å². The van der Waals surface area contributed by atoms with Crippen LogP contribution in [0.5, 0.6) is 5.75 Å². The highest BCUT2D eigenvalue weighted by Gasteiger charge is 2.30. The van der Waals surface area contributed by atoms with E-state index in [1.807, 2.05) is 41.1 Å². The smallest absolute Gasteiger partial charge is 0.166 e. The Bertz CT molecular complexity index is 908. The summed E-state index contributed by atoms with van der Waals surface area (Å²) in [6, 6.07) is 16.2. The number of aryl methyl sites for hydroxylation is 1. The van der Waals surface area contributed by atoms with Crippen LogP contribution in [0.1, 0.15) is 39.5 Å². The molecule has 3 aromatic rings. The third-order valence-electron chi connectivity index (χ3n) is 4.91. The first kappa shape index (κ1) is 15.6. The van der Waals surface area contributed by atoms with E-state index in [1.165, 1.54) is 5.56 Å². The molecular formula is C21H20N2O2. The number of carbonyl (C=O) groups is 1. The number of aromatic nitrogens is 2. The summed E-state index contributed by atoms with van der Waals surface area (Å²) in [7, 11) is 1.66. The van der Waals surface area contributed by atoms with Crippen LogP contribution >= 0.6 is 0 Å². The molecule has 4 heteroatoms. The zero-order valence-corrected chi connectivity index (χ0v) is 14.4. The van der Waals surface area contributed by atoms with E-state index in [-0.39, 0.29) is 11.7 Å². The van der Waals surface area contributed by atoms with E-state index >= 15 is 0 Å². The van der Waals surface area contributed by atoms with Crippen LogP contribution in [-0.4, -0.2) is 22.7 Å². The second kappa shape index (κ2) is 6.20. The minimum Gasteiger partial charge on any atom is -0.497 e. The first-order chi connectivity index (χ1) is 12.2. The lowest BCUT2D eigenvalue weighted by Gasteiger charge is -2.23. The molecule has 4 rings (SSSR count). The van der Waals surface area contributed by atoms with E-state index in [0.29, 0.717) is 6.42 Å². The zero-order chi connectivity index (χ0) is 17.4. The Labute approximate surface area is 147 Å². The molecule has 0 N–H and O–H groups in total. The van der Waals surface area contributed by atoms with Crippen molar-refractivity contribution in [2.24, 2.45) is 0 Å². The van der Waals surface area contributed by atoms with Crippen molar-refractivity contribution >= 4 is 5.78 Å². The van der Waals surface area contributed by atoms with Crippen LogP contribution in [-0.2, 0) is 6.42 Å². The molecule has 1 aromatic heterocycles. The Morgan fingerprint density at radius 3 is 2.44 bits per heavy atom. The number of methoxy groups -OCH3 is 1. The first-order valence-electron chi connectivity index (χ1n) is 8.47. The number of hydrogen-bond acceptors (Lipinski definition) is 3. The number of ketones is 1. The molecule has 0 saturated carbocycles. The number of Topliss-reactive ketones (excluding diaryl/α,β-unsaturated/α-hetero) is 1. The summed E-state index contributed by atoms with van der Waals surface area (Å²) in [4.78, 5) is 12.6. The molecule has 1 aliphatic rings. The predicted octanol–water partition coefficient (Wildman–Crippen LogP) is 4.10. The minimum absolute atomic E-state index is 0.167. The van der Waals surface area contributed by atoms with Gasteiger partial charge in [0.15, 0.2) is 5.78 Å². The van der Waals surface area contributed by atoms with Crippen LogP contribution in [0.15, 0.2) is 54.7 Å². The Morgan fingerprint density at radius 2 is 1.76 bits per heavy atom. The largest absolute Gasteiger partial charge is 0.497 e. The molecule has 0 bridgehead atoms. The maximum Gasteiger partial charge on any atom is 0.166 e. The lowest BCUT2D eigenvalue weighted by atomic mass is 9.82. The number of nitrogens with zero attached hydrogens (tertiary/aromatic N) is 2. The quantitative estimate of drug-likeness (QED) is 0.725. The van der Waals surface area contributed by atoms with E-state index in [0.717, 1.165) is 34.7 Å². The van der Waals surface area contributed by atoms with Crippen molar-refractivity contribution in [2.45, 2.75) is 25.7 Å². The van der Waals surface area contributed by atoms with Gasteiger partial charge in [-0.05, 0) is 49.1 Å². The SMILES string of the molecule is COc1ccc([C@@H]2CC(=O)c3cnn(-c4ccc(C)cc4)c3C2)cc1. The highest BCUT2D eigenvalue weighted by atomic mass is 16.5. The molecule has 0 fully saturated rings. The highest BCUT2D eigenvalue weighted by molar-refractivity contribution is 5.98. The predicted molar refractivity (Wildman–Crippen MR) is 96.7 cm³/mol. The maximum atomic E-state index is 12.6. The van der Waals surface area contributed by atoms with Gasteiger partial charge in [-0.15, -0.1) is 0 Å². The summed E-state index contributed by atoms with van der Waals surface area (Å²) in [5.74, 6) is 1.17. The monoisotopic (exact) mass is 332 g/mol. The molecule has 1 aliphatic carbocycles. The Hall–Kier alpha value is -2.88. The summed E-state index contributed by atoms with van der Waals surface area (Å²) in [6.07, 6.45) is 3.04. The lowest BCUT2D eigenvalue weighted by molar-refractivity contribution is 0.0964. The average molecular weight is 332 g/mol. The van der Waals surface area contributed by atoms with Gasteiger partial charge in [-0.1, -0.05) is 29.8 Å². The van der Waals surface area contributed by atoms with E-state index in [2.05, 4.69) is 24.2 Å². The third kappa shape index (κ3) is 2.84. The van der Waals surface area contributed by atoms with Crippen LogP contribution in [0.25, 0.3) is 5.69 Å². The summed E-state index contributed by atoms with van der Waals surface area (Å²) in [5.41, 5.74) is 5.12. The summed E-state index contributed by atoms with van der Waals surface area (Å²) >= 11 is 0. The standard InChI is InChI=1S/C21H20N2O2/c1-14-3-7-17(8-4-14)23-20-11-16(12-21(24)19(20)13-22-23)15-5-9-18(25-2)10-6-15/h3-10,13,16H,11-12H2,1-2H3/t16-/m0/s1. The molecule has 0 unspecified atom stereocenters. The van der Waals surface area contributed by atoms with Crippen molar-refractivity contribution in [1.82, 2.24) is 9.78 Å². The fraction of sp³-hybridized carbons (Fsp3) is 0.238. The van der Waals surface area contributed by atoms with Gasteiger partial charge in [-0.3, -0.25) is 4.79 Å². The van der Waals surface area contributed by atoms with Gasteiger partial charge >= 0.3 is 0 Å². The van der Waals surface area contributed by atoms with Crippen molar-refractivity contribution in [1.29, 1.82) is 0 Å². The topological polar surface area (TPSA) is 44.1 Å². The fourth-order valence-electron chi connectivity index (χ4n) is 3.46. The van der Waals surface area contributed by atoms with Gasteiger partial charge in [0.05, 0.1) is 30.3 Å². The summed E-state index contributed by atoms with van der Waals surface area (Å²) in [6.45, 7) is 2.06. The second-order valence-electron chi connectivity index (χ2n) is 6.55. The van der Waals surface area contributed by atoms with Gasteiger partial charge in [0, 0.05) is 6.42 Å². The van der Waals surface area contributed by atoms with E-state index in [4.69, 9.17) is 4.74 Å². The molecule has 0 amide bonds. The lowest BCUT2D eigenvalue weighted by Crippen LogP contribution is -2.20. The van der Waals surface area contributed by atoms with Crippen molar-refractivity contribution in [3.05, 3.63) is 77.1 Å². The Morgan fingerprint density at radius 1 is 1.04 bits per heavy atom. The van der Waals surface area contributed by atoms with Crippen LogP contribution in [0.2, 0.25) is 0 Å². The highest BCUT2D eigenvalue weighted by Crippen LogP contribution is 2.34. The van der Waals surface area contributed by atoms with Gasteiger partial charge in [0.25, 0.3) is 0 Å². The maximum absolute atomic E-state index is 12.6. The normalized spacial score (nSPS) is 16.6. The molecule has 0 aliphatic heterocycles. The number of carbonyl (C=O) groups excluding carboxylic acids is 1. The van der Waals surface area contributed by atoms with Crippen molar-refractivity contribution in [3.63, 3.8) is 0 Å². The number of hydrogen-bond donors (Lipinski definition) is 0. The van der Waals surface area contributed by atoms with Crippen LogP contribution in [0.3, 0.4) is 0 Å². The van der Waals surface area contributed by atoms with Crippen LogP contribution in [0.4, 0.5) is 0 Å². The van der Waals surface area contributed by atoms with Gasteiger partial charge in [0.1, 0.15) is 5.75 Å². The first-order valence-corrected chi connectivity index (χ1v) is 8.47. The summed E-state index contributed by atoms with van der Waals surface area (Å²) < 4.78 is 7.13. The molecule has 1 atom stereocenters. The molecule has 126 valence electrons. The van der Waals surface area contributed by atoms with Crippen molar-refractivity contribution in [2.75, 3.05) is 7.11 Å². The molecule has 25 heavy (non-hydrogen) atoms. The van der Waals surface area contributed by atoms with Crippen LogP contribution < -0.4 is 4.74 Å². The van der Waals surface area contributed by atoms with E-state index < -0.39 is 0 Å².